The Kier molecular flexibility index (Phi) is 5.45. The molecule has 7 heteroatoms. The Morgan fingerprint density at radius 3 is 2.62 bits per heavy atom. The number of rotatable bonds is 4. The van der Waals surface area contributed by atoms with Gasteiger partial charge in [0, 0.05) is 17.2 Å². The number of aromatic nitrogens is 1. The maximum absolute atomic E-state index is 12.1. The number of nitrogens with one attached hydrogen (secondary N) is 2. The summed E-state index contributed by atoms with van der Waals surface area (Å²) in [6.07, 6.45) is 1.50. The summed E-state index contributed by atoms with van der Waals surface area (Å²) in [6.45, 7) is 2.74. The molecule has 2 N–H and O–H groups in total. The molecule has 0 fully saturated rings. The van der Waals surface area contributed by atoms with Gasteiger partial charge in [0.25, 0.3) is 5.91 Å². The zero-order valence-corrected chi connectivity index (χ0v) is 14.2. The van der Waals surface area contributed by atoms with E-state index >= 15 is 0 Å². The van der Waals surface area contributed by atoms with Crippen molar-refractivity contribution in [2.24, 2.45) is 0 Å². The van der Waals surface area contributed by atoms with E-state index in [2.05, 4.69) is 31.5 Å². The number of carbonyl (C=O) groups excluding carboxylic acids is 1. The topological polar surface area (TPSA) is 54.0 Å². The summed E-state index contributed by atoms with van der Waals surface area (Å²) in [6, 6.07) is 6.83. The van der Waals surface area contributed by atoms with Gasteiger partial charge in [0.2, 0.25) is 0 Å². The quantitative estimate of drug-likeness (QED) is 0.737. The van der Waals surface area contributed by atoms with Crippen LogP contribution >= 0.6 is 39.1 Å². The molecule has 0 saturated heterocycles. The molecule has 0 radical (unpaired) electrons. The minimum Gasteiger partial charge on any atom is -0.370 e. The Balaban J connectivity index is 2.16. The highest BCUT2D eigenvalue weighted by Gasteiger charge is 2.12. The highest BCUT2D eigenvalue weighted by Crippen LogP contribution is 2.35. The van der Waals surface area contributed by atoms with Gasteiger partial charge < -0.3 is 10.6 Å². The molecule has 21 heavy (non-hydrogen) atoms. The van der Waals surface area contributed by atoms with Crippen LogP contribution in [0.15, 0.2) is 34.9 Å². The number of carbonyl (C=O) groups is 1. The average Bonchev–Trinajstić information content (AvgIpc) is 2.49. The lowest BCUT2D eigenvalue weighted by Gasteiger charge is -2.09. The second-order valence-electron chi connectivity index (χ2n) is 4.14. The van der Waals surface area contributed by atoms with Gasteiger partial charge in [0.15, 0.2) is 0 Å². The molecular weight excluding hydrogens is 377 g/mol. The van der Waals surface area contributed by atoms with Gasteiger partial charge in [-0.2, -0.15) is 0 Å². The fourth-order valence-electron chi connectivity index (χ4n) is 1.63. The van der Waals surface area contributed by atoms with Crippen LogP contribution in [0.2, 0.25) is 10.0 Å². The van der Waals surface area contributed by atoms with E-state index in [-0.39, 0.29) is 10.9 Å². The number of nitrogens with zero attached hydrogens (tertiary/aromatic N) is 1. The molecule has 1 aromatic carbocycles. The summed E-state index contributed by atoms with van der Waals surface area (Å²) in [7, 11) is 0. The first-order valence-corrected chi connectivity index (χ1v) is 7.72. The number of anilines is 2. The normalized spacial score (nSPS) is 10.3. The molecule has 0 bridgehead atoms. The van der Waals surface area contributed by atoms with E-state index in [1.807, 2.05) is 6.92 Å². The Morgan fingerprint density at radius 1 is 1.24 bits per heavy atom. The van der Waals surface area contributed by atoms with Gasteiger partial charge in [-0.25, -0.2) is 4.98 Å². The molecule has 1 aromatic heterocycles. The number of hydrogen-bond acceptors (Lipinski definition) is 3. The molecular formula is C14H12BrCl2N3O. The highest BCUT2D eigenvalue weighted by atomic mass is 79.9. The fourth-order valence-corrected chi connectivity index (χ4v) is 2.45. The van der Waals surface area contributed by atoms with E-state index in [1.54, 1.807) is 24.3 Å². The maximum atomic E-state index is 12.1. The molecule has 4 nitrogen and oxygen atoms in total. The zero-order valence-electron chi connectivity index (χ0n) is 11.1. The first-order chi connectivity index (χ1) is 10.0. The van der Waals surface area contributed by atoms with Crippen LogP contribution in [0.4, 0.5) is 11.5 Å². The monoisotopic (exact) mass is 387 g/mol. The molecule has 0 spiro atoms. The molecule has 0 aliphatic carbocycles. The lowest BCUT2D eigenvalue weighted by molar-refractivity contribution is 0.102. The number of halogens is 3. The van der Waals surface area contributed by atoms with E-state index < -0.39 is 0 Å². The van der Waals surface area contributed by atoms with Crippen LogP contribution < -0.4 is 10.6 Å². The number of hydrogen-bond donors (Lipinski definition) is 2. The summed E-state index contributed by atoms with van der Waals surface area (Å²) in [5.41, 5.74) is 0.886. The van der Waals surface area contributed by atoms with Crippen LogP contribution in [0.5, 0.6) is 0 Å². The van der Waals surface area contributed by atoms with Crippen molar-refractivity contribution in [3.8, 4) is 0 Å². The van der Waals surface area contributed by atoms with Crippen molar-refractivity contribution in [3.05, 3.63) is 50.5 Å². The van der Waals surface area contributed by atoms with Gasteiger partial charge in [-0.3, -0.25) is 4.79 Å². The average molecular weight is 389 g/mol. The van der Waals surface area contributed by atoms with Gasteiger partial charge in [0.1, 0.15) is 5.82 Å². The second kappa shape index (κ2) is 7.11. The fraction of sp³-hybridized carbons (Fsp3) is 0.143. The van der Waals surface area contributed by atoms with E-state index in [4.69, 9.17) is 23.2 Å². The highest BCUT2D eigenvalue weighted by molar-refractivity contribution is 9.10. The Labute approximate surface area is 141 Å². The predicted molar refractivity (Wildman–Crippen MR) is 90.5 cm³/mol. The minimum absolute atomic E-state index is 0.289. The van der Waals surface area contributed by atoms with E-state index in [0.717, 1.165) is 12.4 Å². The van der Waals surface area contributed by atoms with Crippen molar-refractivity contribution in [1.29, 1.82) is 0 Å². The SMILES string of the molecule is CCNc1ccc(C(=O)Nc2ccc(Br)c(Cl)c2Cl)cn1. The van der Waals surface area contributed by atoms with Crippen molar-refractivity contribution >= 4 is 56.5 Å². The third kappa shape index (κ3) is 3.87. The lowest BCUT2D eigenvalue weighted by atomic mass is 10.2. The van der Waals surface area contributed by atoms with Gasteiger partial charge in [-0.1, -0.05) is 23.2 Å². The van der Waals surface area contributed by atoms with Gasteiger partial charge >= 0.3 is 0 Å². The molecule has 0 atom stereocenters. The molecule has 1 amide bonds. The second-order valence-corrected chi connectivity index (χ2v) is 5.75. The Bertz CT molecular complexity index is 662. The van der Waals surface area contributed by atoms with Crippen molar-refractivity contribution in [1.82, 2.24) is 4.98 Å². The number of amides is 1. The number of pyridine rings is 1. The Hall–Kier alpha value is -1.30. The van der Waals surface area contributed by atoms with Crippen LogP contribution in [0.3, 0.4) is 0 Å². The summed E-state index contributed by atoms with van der Waals surface area (Å²) in [4.78, 5) is 16.3. The molecule has 0 aliphatic rings. The summed E-state index contributed by atoms with van der Waals surface area (Å²) in [5.74, 6) is 0.421. The molecule has 2 rings (SSSR count). The van der Waals surface area contributed by atoms with Gasteiger partial charge in [0.05, 0.1) is 21.3 Å². The zero-order chi connectivity index (χ0) is 15.4. The first-order valence-electron chi connectivity index (χ1n) is 6.17. The third-order valence-corrected chi connectivity index (χ3v) is 4.44. The summed E-state index contributed by atoms with van der Waals surface area (Å²) in [5, 5.41) is 6.41. The van der Waals surface area contributed by atoms with Crippen LogP contribution in [0, 0.1) is 0 Å². The van der Waals surface area contributed by atoms with Crippen molar-refractivity contribution in [2.75, 3.05) is 17.2 Å². The van der Waals surface area contributed by atoms with Crippen LogP contribution in [0.1, 0.15) is 17.3 Å². The molecule has 1 heterocycles. The minimum atomic E-state index is -0.300. The van der Waals surface area contributed by atoms with Crippen LogP contribution in [0.25, 0.3) is 0 Å². The molecule has 0 aliphatic heterocycles. The molecule has 0 saturated carbocycles. The summed E-state index contributed by atoms with van der Waals surface area (Å²) >= 11 is 15.4. The smallest absolute Gasteiger partial charge is 0.257 e. The third-order valence-electron chi connectivity index (χ3n) is 2.67. The molecule has 2 aromatic rings. The standard InChI is InChI=1S/C14H12BrCl2N3O/c1-2-18-11-6-3-8(7-19-11)14(21)20-10-5-4-9(15)12(16)13(10)17/h3-7H,2H2,1H3,(H,18,19)(H,20,21). The van der Waals surface area contributed by atoms with Gasteiger partial charge in [-0.15, -0.1) is 0 Å². The summed E-state index contributed by atoms with van der Waals surface area (Å²) < 4.78 is 0.670. The molecule has 110 valence electrons. The molecule has 0 unspecified atom stereocenters. The predicted octanol–water partition coefficient (Wildman–Crippen LogP) is 4.84. The van der Waals surface area contributed by atoms with Gasteiger partial charge in [-0.05, 0) is 47.1 Å². The van der Waals surface area contributed by atoms with Crippen molar-refractivity contribution in [3.63, 3.8) is 0 Å². The van der Waals surface area contributed by atoms with E-state index in [9.17, 15) is 4.79 Å². The maximum Gasteiger partial charge on any atom is 0.257 e. The van der Waals surface area contributed by atoms with Crippen LogP contribution in [-0.4, -0.2) is 17.4 Å². The van der Waals surface area contributed by atoms with E-state index in [0.29, 0.717) is 20.7 Å². The number of benzene rings is 1. The largest absolute Gasteiger partial charge is 0.370 e. The lowest BCUT2D eigenvalue weighted by Crippen LogP contribution is -2.13. The van der Waals surface area contributed by atoms with Crippen molar-refractivity contribution < 1.29 is 4.79 Å². The van der Waals surface area contributed by atoms with E-state index in [1.165, 1.54) is 6.20 Å². The van der Waals surface area contributed by atoms with Crippen LogP contribution in [-0.2, 0) is 0 Å². The van der Waals surface area contributed by atoms with Crippen molar-refractivity contribution in [2.45, 2.75) is 6.92 Å². The first kappa shape index (κ1) is 16.1. The Morgan fingerprint density at radius 2 is 2.00 bits per heavy atom.